The number of hydrogen-bond donors (Lipinski definition) is 0. The Morgan fingerprint density at radius 2 is 1.80 bits per heavy atom. The molecule has 2 heterocycles. The predicted octanol–water partition coefficient (Wildman–Crippen LogP) is 3.09. The third-order valence-electron chi connectivity index (χ3n) is 2.73. The van der Waals surface area contributed by atoms with E-state index in [9.17, 15) is 0 Å². The minimum Gasteiger partial charge on any atom is -0.203 e. The van der Waals surface area contributed by atoms with E-state index in [2.05, 4.69) is 11.5 Å². The molecule has 0 aliphatic carbocycles. The lowest BCUT2D eigenvalue weighted by Crippen LogP contribution is -2.29. The van der Waals surface area contributed by atoms with Crippen LogP contribution in [0.1, 0.15) is 38.5 Å². The van der Waals surface area contributed by atoms with Crippen LogP contribution in [0.5, 0.6) is 0 Å². The fourth-order valence-corrected chi connectivity index (χ4v) is 2.53. The minimum atomic E-state index is 0.162. The monoisotopic (exact) mass is 229 g/mol. The van der Waals surface area contributed by atoms with Gasteiger partial charge in [0.15, 0.2) is 0 Å². The first-order valence-corrected chi connectivity index (χ1v) is 6.78. The molecule has 15 heavy (non-hydrogen) atoms. The van der Waals surface area contributed by atoms with Gasteiger partial charge in [-0.1, -0.05) is 37.1 Å². The summed E-state index contributed by atoms with van der Waals surface area (Å²) in [6, 6.07) is 0. The van der Waals surface area contributed by atoms with Crippen molar-refractivity contribution >= 4 is 11.8 Å². The summed E-state index contributed by atoms with van der Waals surface area (Å²) in [6.07, 6.45) is 9.53. The van der Waals surface area contributed by atoms with Crippen LogP contribution in [0.25, 0.3) is 0 Å². The Labute approximate surface area is 95.7 Å². The standard InChI is InChI=1S/C11H19NO2S/c1-2-4-8-12(9-5-3-1)14-13-11-7-6-10-15-11/h6,10-11H,1-5,7-9H2. The second-order valence-corrected chi connectivity index (χ2v) is 5.11. The van der Waals surface area contributed by atoms with Crippen LogP contribution < -0.4 is 0 Å². The van der Waals surface area contributed by atoms with E-state index < -0.39 is 0 Å². The first kappa shape index (κ1) is 11.5. The van der Waals surface area contributed by atoms with Crippen LogP contribution in [0.4, 0.5) is 0 Å². The molecule has 1 saturated heterocycles. The number of hydrogen-bond acceptors (Lipinski definition) is 4. The molecular weight excluding hydrogens is 210 g/mol. The highest BCUT2D eigenvalue weighted by Gasteiger charge is 2.15. The molecule has 0 bridgehead atoms. The Bertz CT molecular complexity index is 195. The van der Waals surface area contributed by atoms with E-state index in [1.54, 1.807) is 11.8 Å². The maximum absolute atomic E-state index is 5.37. The summed E-state index contributed by atoms with van der Waals surface area (Å²) in [5, 5.41) is 4.04. The topological polar surface area (TPSA) is 21.7 Å². The summed E-state index contributed by atoms with van der Waals surface area (Å²) in [5.74, 6) is 0. The number of nitrogens with zero attached hydrogens (tertiary/aromatic N) is 1. The van der Waals surface area contributed by atoms with E-state index in [0.29, 0.717) is 0 Å². The number of thioether (sulfide) groups is 1. The van der Waals surface area contributed by atoms with Crippen molar-refractivity contribution in [2.24, 2.45) is 0 Å². The van der Waals surface area contributed by atoms with Gasteiger partial charge >= 0.3 is 0 Å². The first-order valence-electron chi connectivity index (χ1n) is 5.84. The van der Waals surface area contributed by atoms with Gasteiger partial charge in [-0.3, -0.25) is 0 Å². The van der Waals surface area contributed by atoms with Gasteiger partial charge in [-0.05, 0) is 18.2 Å². The molecule has 0 amide bonds. The molecule has 0 aromatic rings. The molecule has 4 heteroatoms. The molecule has 0 spiro atoms. The van der Waals surface area contributed by atoms with Crippen molar-refractivity contribution in [1.82, 2.24) is 5.06 Å². The fourth-order valence-electron chi connectivity index (χ4n) is 1.83. The Balaban J connectivity index is 1.63. The molecular formula is C11H19NO2S. The van der Waals surface area contributed by atoms with Crippen LogP contribution in [0, 0.1) is 0 Å². The molecule has 0 saturated carbocycles. The first-order chi connectivity index (χ1) is 7.45. The van der Waals surface area contributed by atoms with Gasteiger partial charge in [0.25, 0.3) is 0 Å². The average Bonchev–Trinajstić information content (AvgIpc) is 2.68. The van der Waals surface area contributed by atoms with Crippen molar-refractivity contribution in [2.75, 3.05) is 13.1 Å². The lowest BCUT2D eigenvalue weighted by atomic mass is 10.1. The van der Waals surface area contributed by atoms with Crippen molar-refractivity contribution < 1.29 is 9.88 Å². The highest BCUT2D eigenvalue weighted by atomic mass is 32.2. The van der Waals surface area contributed by atoms with Crippen molar-refractivity contribution in [1.29, 1.82) is 0 Å². The van der Waals surface area contributed by atoms with E-state index in [-0.39, 0.29) is 5.44 Å². The van der Waals surface area contributed by atoms with Crippen LogP contribution in [-0.4, -0.2) is 23.6 Å². The van der Waals surface area contributed by atoms with Crippen LogP contribution in [-0.2, 0) is 9.88 Å². The Morgan fingerprint density at radius 3 is 2.47 bits per heavy atom. The Morgan fingerprint density at radius 1 is 1.07 bits per heavy atom. The molecule has 0 radical (unpaired) electrons. The number of hydroxylamine groups is 2. The lowest BCUT2D eigenvalue weighted by molar-refractivity contribution is -0.432. The molecule has 0 aromatic carbocycles. The molecule has 2 aliphatic rings. The zero-order valence-electron chi connectivity index (χ0n) is 9.06. The number of rotatable bonds is 3. The molecule has 2 aliphatic heterocycles. The van der Waals surface area contributed by atoms with Crippen molar-refractivity contribution in [2.45, 2.75) is 44.0 Å². The normalized spacial score (nSPS) is 28.9. The maximum atomic E-state index is 5.37. The SMILES string of the molecule is C1=CSC(OON2CCCCCCC2)C1. The average molecular weight is 229 g/mol. The second-order valence-electron chi connectivity index (χ2n) is 4.04. The summed E-state index contributed by atoms with van der Waals surface area (Å²) >= 11 is 1.69. The summed E-state index contributed by atoms with van der Waals surface area (Å²) in [6.45, 7) is 2.01. The van der Waals surface area contributed by atoms with E-state index in [1.165, 1.54) is 32.1 Å². The van der Waals surface area contributed by atoms with Gasteiger partial charge in [-0.15, -0.1) is 4.99 Å². The summed E-state index contributed by atoms with van der Waals surface area (Å²) in [5.41, 5.74) is 0.162. The van der Waals surface area contributed by atoms with Crippen LogP contribution in [0.15, 0.2) is 11.5 Å². The molecule has 1 atom stereocenters. The van der Waals surface area contributed by atoms with Gasteiger partial charge in [0.05, 0.1) is 0 Å². The van der Waals surface area contributed by atoms with E-state index >= 15 is 0 Å². The molecule has 86 valence electrons. The maximum Gasteiger partial charge on any atom is 0.148 e. The largest absolute Gasteiger partial charge is 0.203 e. The quantitative estimate of drug-likeness (QED) is 0.547. The van der Waals surface area contributed by atoms with Gasteiger partial charge in [-0.2, -0.15) is 5.06 Å². The Hall–Kier alpha value is -0.0300. The fraction of sp³-hybridized carbons (Fsp3) is 0.818. The molecule has 0 aromatic heterocycles. The van der Waals surface area contributed by atoms with Crippen LogP contribution in [0.3, 0.4) is 0 Å². The lowest BCUT2D eigenvalue weighted by Gasteiger charge is -2.23. The van der Waals surface area contributed by atoms with Gasteiger partial charge in [0.2, 0.25) is 0 Å². The van der Waals surface area contributed by atoms with E-state index in [1.807, 2.05) is 5.06 Å². The molecule has 0 N–H and O–H groups in total. The van der Waals surface area contributed by atoms with Gasteiger partial charge in [0.1, 0.15) is 5.44 Å². The minimum absolute atomic E-state index is 0.162. The smallest absolute Gasteiger partial charge is 0.148 e. The van der Waals surface area contributed by atoms with Crippen molar-refractivity contribution in [3.05, 3.63) is 11.5 Å². The zero-order valence-corrected chi connectivity index (χ0v) is 9.88. The van der Waals surface area contributed by atoms with Crippen LogP contribution >= 0.6 is 11.8 Å². The van der Waals surface area contributed by atoms with Gasteiger partial charge < -0.3 is 0 Å². The molecule has 1 fully saturated rings. The van der Waals surface area contributed by atoms with E-state index in [0.717, 1.165) is 19.5 Å². The highest BCUT2D eigenvalue weighted by molar-refractivity contribution is 8.02. The molecule has 3 nitrogen and oxygen atoms in total. The summed E-state index contributed by atoms with van der Waals surface area (Å²) in [4.78, 5) is 10.7. The zero-order chi connectivity index (χ0) is 10.3. The summed E-state index contributed by atoms with van der Waals surface area (Å²) < 4.78 is 0. The van der Waals surface area contributed by atoms with Crippen molar-refractivity contribution in [3.63, 3.8) is 0 Å². The van der Waals surface area contributed by atoms with Gasteiger partial charge in [0, 0.05) is 19.5 Å². The third kappa shape index (κ3) is 4.15. The third-order valence-corrected chi connectivity index (χ3v) is 3.65. The highest BCUT2D eigenvalue weighted by Crippen LogP contribution is 2.25. The molecule has 2 rings (SSSR count). The van der Waals surface area contributed by atoms with Gasteiger partial charge in [-0.25, -0.2) is 4.89 Å². The second kappa shape index (κ2) is 6.53. The van der Waals surface area contributed by atoms with E-state index in [4.69, 9.17) is 9.88 Å². The van der Waals surface area contributed by atoms with Crippen molar-refractivity contribution in [3.8, 4) is 0 Å². The summed E-state index contributed by atoms with van der Waals surface area (Å²) in [7, 11) is 0. The Kier molecular flexibility index (Phi) is 4.99. The molecule has 1 unspecified atom stereocenters. The predicted molar refractivity (Wildman–Crippen MR) is 62.0 cm³/mol. The van der Waals surface area contributed by atoms with Crippen LogP contribution in [0.2, 0.25) is 0 Å².